The maximum Gasteiger partial charge on any atom is 0.164 e. The van der Waals surface area contributed by atoms with Crippen LogP contribution in [0.5, 0.6) is 0 Å². The first-order chi connectivity index (χ1) is 23.4. The normalized spacial score (nSPS) is 11.6. The standard InChI is InChI=1S/C44H35N3Si/c1-48(2,3)39-25-23-33(24-26-39)43-45-42(32-12-5-4-6-13-32)46-44(47-43)38-17-10-16-36(28-38)34-14-9-15-35(27-34)37-22-21-31-20-19-30-11-7-8-18-40(30)41(31)29-37/h4-29H,1-3H3. The Bertz CT molecular complexity index is 2430. The molecular formula is C44H35N3Si. The van der Waals surface area contributed by atoms with E-state index in [2.05, 4.69) is 159 Å². The number of benzene rings is 7. The molecule has 0 aliphatic carbocycles. The van der Waals surface area contributed by atoms with Crippen LogP contribution in [0.3, 0.4) is 0 Å². The van der Waals surface area contributed by atoms with Gasteiger partial charge in [-0.2, -0.15) is 0 Å². The highest BCUT2D eigenvalue weighted by molar-refractivity contribution is 6.88. The van der Waals surface area contributed by atoms with Gasteiger partial charge in [0.15, 0.2) is 17.5 Å². The Labute approximate surface area is 282 Å². The number of hydrogen-bond acceptors (Lipinski definition) is 3. The second-order valence-electron chi connectivity index (χ2n) is 13.4. The van der Waals surface area contributed by atoms with Crippen molar-refractivity contribution in [1.29, 1.82) is 0 Å². The van der Waals surface area contributed by atoms with Crippen LogP contribution in [-0.2, 0) is 0 Å². The fourth-order valence-corrected chi connectivity index (χ4v) is 7.53. The van der Waals surface area contributed by atoms with Gasteiger partial charge >= 0.3 is 0 Å². The van der Waals surface area contributed by atoms with Crippen LogP contribution in [0, 0.1) is 0 Å². The topological polar surface area (TPSA) is 38.7 Å². The molecule has 0 aliphatic heterocycles. The lowest BCUT2D eigenvalue weighted by Crippen LogP contribution is -2.37. The number of rotatable bonds is 6. The van der Waals surface area contributed by atoms with Gasteiger partial charge in [0.2, 0.25) is 0 Å². The molecule has 0 bridgehead atoms. The molecule has 0 radical (unpaired) electrons. The van der Waals surface area contributed by atoms with Crippen LogP contribution < -0.4 is 5.19 Å². The fourth-order valence-electron chi connectivity index (χ4n) is 6.37. The Morgan fingerprint density at radius 1 is 0.333 bits per heavy atom. The van der Waals surface area contributed by atoms with Gasteiger partial charge in [-0.15, -0.1) is 0 Å². The van der Waals surface area contributed by atoms with E-state index in [9.17, 15) is 0 Å². The van der Waals surface area contributed by atoms with Gasteiger partial charge in [0.1, 0.15) is 0 Å². The molecule has 0 unspecified atom stereocenters. The molecule has 0 aliphatic rings. The van der Waals surface area contributed by atoms with Crippen molar-refractivity contribution in [3.05, 3.63) is 158 Å². The average molecular weight is 634 g/mol. The molecule has 8 aromatic rings. The minimum absolute atomic E-state index is 0.660. The maximum absolute atomic E-state index is 5.03. The zero-order valence-electron chi connectivity index (χ0n) is 27.4. The molecular weight excluding hydrogens is 599 g/mol. The molecule has 48 heavy (non-hydrogen) atoms. The first-order valence-corrected chi connectivity index (χ1v) is 19.9. The van der Waals surface area contributed by atoms with Crippen LogP contribution in [0.1, 0.15) is 0 Å². The second kappa shape index (κ2) is 12.1. The number of aromatic nitrogens is 3. The summed E-state index contributed by atoms with van der Waals surface area (Å²) in [4.78, 5) is 15.0. The third kappa shape index (κ3) is 5.83. The van der Waals surface area contributed by atoms with E-state index in [-0.39, 0.29) is 0 Å². The lowest BCUT2D eigenvalue weighted by Gasteiger charge is -2.16. The summed E-state index contributed by atoms with van der Waals surface area (Å²) in [7, 11) is -1.43. The van der Waals surface area contributed by atoms with Gasteiger partial charge in [-0.05, 0) is 62.0 Å². The highest BCUT2D eigenvalue weighted by Gasteiger charge is 2.17. The van der Waals surface area contributed by atoms with Gasteiger partial charge in [-0.3, -0.25) is 0 Å². The number of hydrogen-bond donors (Lipinski definition) is 0. The zero-order chi connectivity index (χ0) is 32.7. The van der Waals surface area contributed by atoms with Crippen molar-refractivity contribution in [2.75, 3.05) is 0 Å². The van der Waals surface area contributed by atoms with E-state index < -0.39 is 8.07 Å². The maximum atomic E-state index is 5.03. The molecule has 230 valence electrons. The highest BCUT2D eigenvalue weighted by Crippen LogP contribution is 2.33. The van der Waals surface area contributed by atoms with Gasteiger partial charge in [0.25, 0.3) is 0 Å². The summed E-state index contributed by atoms with van der Waals surface area (Å²) in [5.74, 6) is 2.01. The zero-order valence-corrected chi connectivity index (χ0v) is 28.4. The number of fused-ring (bicyclic) bond motifs is 3. The summed E-state index contributed by atoms with van der Waals surface area (Å²) >= 11 is 0. The monoisotopic (exact) mass is 633 g/mol. The van der Waals surface area contributed by atoms with Crippen LogP contribution >= 0.6 is 0 Å². The molecule has 0 spiro atoms. The molecule has 0 saturated heterocycles. The van der Waals surface area contributed by atoms with E-state index in [1.165, 1.54) is 37.9 Å². The molecule has 1 aromatic heterocycles. The number of nitrogens with zero attached hydrogens (tertiary/aromatic N) is 3. The van der Waals surface area contributed by atoms with Gasteiger partial charge in [0.05, 0.1) is 8.07 Å². The van der Waals surface area contributed by atoms with Crippen molar-refractivity contribution in [1.82, 2.24) is 15.0 Å². The Hall–Kier alpha value is -5.71. The summed E-state index contributed by atoms with van der Waals surface area (Å²) < 4.78 is 0. The van der Waals surface area contributed by atoms with Crippen LogP contribution in [0.4, 0.5) is 0 Å². The van der Waals surface area contributed by atoms with Crippen LogP contribution in [-0.4, -0.2) is 23.0 Å². The molecule has 1 heterocycles. The van der Waals surface area contributed by atoms with Gasteiger partial charge < -0.3 is 0 Å². The Morgan fingerprint density at radius 3 is 1.42 bits per heavy atom. The molecule has 4 heteroatoms. The molecule has 0 N–H and O–H groups in total. The largest absolute Gasteiger partial charge is 0.208 e. The Balaban J connectivity index is 1.19. The summed E-state index contributed by atoms with van der Waals surface area (Å²) in [5.41, 5.74) is 7.55. The lowest BCUT2D eigenvalue weighted by atomic mass is 9.95. The van der Waals surface area contributed by atoms with Crippen molar-refractivity contribution >= 4 is 34.8 Å². The summed E-state index contributed by atoms with van der Waals surface area (Å²) in [6, 6.07) is 56.0. The van der Waals surface area contributed by atoms with Crippen molar-refractivity contribution in [2.24, 2.45) is 0 Å². The van der Waals surface area contributed by atoms with E-state index in [0.717, 1.165) is 27.8 Å². The van der Waals surface area contributed by atoms with Crippen molar-refractivity contribution in [3.8, 4) is 56.4 Å². The van der Waals surface area contributed by atoms with Gasteiger partial charge in [0, 0.05) is 16.7 Å². The Morgan fingerprint density at radius 2 is 0.771 bits per heavy atom. The first-order valence-electron chi connectivity index (χ1n) is 16.4. The van der Waals surface area contributed by atoms with E-state index >= 15 is 0 Å². The van der Waals surface area contributed by atoms with Gasteiger partial charge in [-0.25, -0.2) is 15.0 Å². The van der Waals surface area contributed by atoms with E-state index in [1.54, 1.807) is 0 Å². The van der Waals surface area contributed by atoms with Crippen molar-refractivity contribution in [3.63, 3.8) is 0 Å². The summed E-state index contributed by atoms with van der Waals surface area (Å²) in [6.45, 7) is 7.09. The minimum atomic E-state index is -1.43. The molecule has 0 amide bonds. The van der Waals surface area contributed by atoms with E-state index in [4.69, 9.17) is 15.0 Å². The molecule has 0 saturated carbocycles. The SMILES string of the molecule is C[Si](C)(C)c1ccc(-c2nc(-c3ccccc3)nc(-c3cccc(-c4cccc(-c5ccc6ccc7ccccc7c6c5)c4)c3)n2)cc1. The average Bonchev–Trinajstić information content (AvgIpc) is 3.14. The molecule has 0 fully saturated rings. The molecule has 3 nitrogen and oxygen atoms in total. The second-order valence-corrected chi connectivity index (χ2v) is 18.5. The van der Waals surface area contributed by atoms with Crippen molar-refractivity contribution in [2.45, 2.75) is 19.6 Å². The highest BCUT2D eigenvalue weighted by atomic mass is 28.3. The van der Waals surface area contributed by atoms with Crippen LogP contribution in [0.25, 0.3) is 78.0 Å². The third-order valence-electron chi connectivity index (χ3n) is 9.07. The predicted octanol–water partition coefficient (Wildman–Crippen LogP) is 11.1. The molecule has 7 aromatic carbocycles. The smallest absolute Gasteiger partial charge is 0.164 e. The quantitative estimate of drug-likeness (QED) is 0.135. The predicted molar refractivity (Wildman–Crippen MR) is 205 cm³/mol. The van der Waals surface area contributed by atoms with Crippen molar-refractivity contribution < 1.29 is 0 Å². The van der Waals surface area contributed by atoms with Crippen LogP contribution in [0.15, 0.2) is 158 Å². The Kier molecular flexibility index (Phi) is 7.51. The third-order valence-corrected chi connectivity index (χ3v) is 11.1. The first kappa shape index (κ1) is 29.7. The van der Waals surface area contributed by atoms with Gasteiger partial charge in [-0.1, -0.05) is 164 Å². The minimum Gasteiger partial charge on any atom is -0.208 e. The summed E-state index contributed by atoms with van der Waals surface area (Å²) in [5, 5.41) is 6.47. The summed E-state index contributed by atoms with van der Waals surface area (Å²) in [6.07, 6.45) is 0. The lowest BCUT2D eigenvalue weighted by molar-refractivity contribution is 1.07. The molecule has 8 rings (SSSR count). The fraction of sp³-hybridized carbons (Fsp3) is 0.0682. The van der Waals surface area contributed by atoms with E-state index in [1.807, 2.05) is 18.2 Å². The van der Waals surface area contributed by atoms with Crippen LogP contribution in [0.2, 0.25) is 19.6 Å². The van der Waals surface area contributed by atoms with E-state index in [0.29, 0.717) is 17.5 Å². The molecule has 0 atom stereocenters.